The number of carbonyl (C=O) groups excluding carboxylic acids is 2. The molecule has 4 nitrogen and oxygen atoms in total. The number of carbonyl (C=O) groups is 2. The van der Waals surface area contributed by atoms with Gasteiger partial charge in [-0.15, -0.1) is 11.3 Å². The maximum atomic E-state index is 13.3. The largest absolute Gasteiger partial charge is 0.332 e. The van der Waals surface area contributed by atoms with Crippen LogP contribution in [0.4, 0.5) is 4.39 Å². The summed E-state index contributed by atoms with van der Waals surface area (Å²) < 4.78 is 13.3. The molecule has 3 aromatic rings. The van der Waals surface area contributed by atoms with E-state index in [9.17, 15) is 14.0 Å². The van der Waals surface area contributed by atoms with E-state index in [-0.39, 0.29) is 30.1 Å². The number of thiophene rings is 1. The maximum absolute atomic E-state index is 13.3. The third-order valence-corrected chi connectivity index (χ3v) is 5.87. The molecule has 0 unspecified atom stereocenters. The quantitative estimate of drug-likeness (QED) is 0.366. The molecular weight excluding hydrogens is 435 g/mol. The molecule has 0 aliphatic carbocycles. The molecule has 0 atom stereocenters. The van der Waals surface area contributed by atoms with Crippen LogP contribution in [0.5, 0.6) is 0 Å². The van der Waals surface area contributed by atoms with Crippen molar-refractivity contribution < 1.29 is 14.0 Å². The summed E-state index contributed by atoms with van der Waals surface area (Å²) in [6.07, 6.45) is 3.29. The Bertz CT molecular complexity index is 1050. The van der Waals surface area contributed by atoms with Gasteiger partial charge >= 0.3 is 0 Å². The predicted molar refractivity (Wildman–Crippen MR) is 132 cm³/mol. The van der Waals surface area contributed by atoms with Gasteiger partial charge in [0.2, 0.25) is 11.8 Å². The van der Waals surface area contributed by atoms with Crippen LogP contribution >= 0.6 is 11.3 Å². The summed E-state index contributed by atoms with van der Waals surface area (Å²) >= 11 is 1.58. The lowest BCUT2D eigenvalue weighted by molar-refractivity contribution is -0.139. The van der Waals surface area contributed by atoms with Gasteiger partial charge in [-0.1, -0.05) is 62.4 Å². The van der Waals surface area contributed by atoms with Gasteiger partial charge in [-0.2, -0.15) is 0 Å². The minimum Gasteiger partial charge on any atom is -0.332 e. The second-order valence-electron chi connectivity index (χ2n) is 8.31. The van der Waals surface area contributed by atoms with Crippen LogP contribution < -0.4 is 0 Å². The van der Waals surface area contributed by atoms with Crippen LogP contribution in [0.2, 0.25) is 0 Å². The van der Waals surface area contributed by atoms with Crippen LogP contribution in [0.25, 0.3) is 6.08 Å². The third kappa shape index (κ3) is 7.99. The van der Waals surface area contributed by atoms with Crippen molar-refractivity contribution in [2.24, 2.45) is 5.92 Å². The summed E-state index contributed by atoms with van der Waals surface area (Å²) in [5.41, 5.74) is 1.77. The summed E-state index contributed by atoms with van der Waals surface area (Å²) in [5.74, 6) is -0.433. The Hall–Kier alpha value is -3.25. The fourth-order valence-corrected chi connectivity index (χ4v) is 4.13. The van der Waals surface area contributed by atoms with Crippen molar-refractivity contribution in [2.45, 2.75) is 26.9 Å². The molecule has 33 heavy (non-hydrogen) atoms. The number of hydrogen-bond acceptors (Lipinski definition) is 3. The molecule has 6 heteroatoms. The molecule has 0 spiro atoms. The van der Waals surface area contributed by atoms with Crippen LogP contribution in [-0.2, 0) is 22.7 Å². The van der Waals surface area contributed by atoms with E-state index < -0.39 is 0 Å². The van der Waals surface area contributed by atoms with Gasteiger partial charge in [-0.05, 0) is 46.7 Å². The van der Waals surface area contributed by atoms with Crippen molar-refractivity contribution in [1.29, 1.82) is 0 Å². The van der Waals surface area contributed by atoms with Crippen molar-refractivity contribution in [3.63, 3.8) is 0 Å². The van der Waals surface area contributed by atoms with Gasteiger partial charge in [-0.25, -0.2) is 4.39 Å². The fraction of sp³-hybridized carbons (Fsp3) is 0.259. The van der Waals surface area contributed by atoms with Crippen molar-refractivity contribution >= 4 is 29.2 Å². The molecule has 0 aliphatic rings. The van der Waals surface area contributed by atoms with E-state index >= 15 is 0 Å². The van der Waals surface area contributed by atoms with Crippen LogP contribution in [0.3, 0.4) is 0 Å². The summed E-state index contributed by atoms with van der Waals surface area (Å²) in [6, 6.07) is 19.7. The molecule has 2 amide bonds. The van der Waals surface area contributed by atoms with Crippen molar-refractivity contribution in [2.75, 3.05) is 13.1 Å². The topological polar surface area (TPSA) is 40.6 Å². The second kappa shape index (κ2) is 12.1. The van der Waals surface area contributed by atoms with Crippen LogP contribution in [0, 0.1) is 11.7 Å². The molecule has 0 saturated heterocycles. The number of nitrogens with zero attached hydrogens (tertiary/aromatic N) is 2. The molecule has 0 bridgehead atoms. The molecule has 172 valence electrons. The smallest absolute Gasteiger partial charge is 0.247 e. The van der Waals surface area contributed by atoms with Crippen LogP contribution in [0.15, 0.2) is 78.2 Å². The van der Waals surface area contributed by atoms with Crippen molar-refractivity contribution in [3.8, 4) is 0 Å². The monoisotopic (exact) mass is 464 g/mol. The van der Waals surface area contributed by atoms with Crippen LogP contribution in [-0.4, -0.2) is 34.7 Å². The number of halogens is 1. The fourth-order valence-electron chi connectivity index (χ4n) is 3.41. The van der Waals surface area contributed by atoms with Crippen LogP contribution in [0.1, 0.15) is 29.9 Å². The summed E-state index contributed by atoms with van der Waals surface area (Å²) in [5, 5.41) is 1.97. The Labute approximate surface area is 199 Å². The first-order valence-electron chi connectivity index (χ1n) is 11.0. The third-order valence-electron chi connectivity index (χ3n) is 5.01. The average Bonchev–Trinajstić information content (AvgIpc) is 3.31. The Kier molecular flexibility index (Phi) is 8.95. The van der Waals surface area contributed by atoms with Gasteiger partial charge in [-0.3, -0.25) is 9.59 Å². The first-order chi connectivity index (χ1) is 15.9. The number of benzene rings is 2. The van der Waals surface area contributed by atoms with Gasteiger partial charge in [0.15, 0.2) is 0 Å². The molecule has 0 aliphatic heterocycles. The zero-order valence-corrected chi connectivity index (χ0v) is 19.8. The molecular formula is C27H29FN2O2S. The van der Waals surface area contributed by atoms with Crippen molar-refractivity contribution in [3.05, 3.63) is 100 Å². The number of rotatable bonds is 10. The summed E-state index contributed by atoms with van der Waals surface area (Å²) in [6.45, 7) is 5.30. The van der Waals surface area contributed by atoms with E-state index in [1.807, 2.05) is 61.7 Å². The molecule has 3 rings (SSSR count). The Morgan fingerprint density at radius 1 is 0.939 bits per heavy atom. The summed E-state index contributed by atoms with van der Waals surface area (Å²) in [7, 11) is 0. The molecule has 0 N–H and O–H groups in total. The Morgan fingerprint density at radius 2 is 1.67 bits per heavy atom. The first-order valence-corrected chi connectivity index (χ1v) is 11.9. The highest BCUT2D eigenvalue weighted by atomic mass is 32.1. The zero-order valence-electron chi connectivity index (χ0n) is 19.0. The molecule has 0 saturated carbocycles. The van der Waals surface area contributed by atoms with E-state index in [0.29, 0.717) is 19.6 Å². The van der Waals surface area contributed by atoms with Gasteiger partial charge in [0, 0.05) is 24.0 Å². The first kappa shape index (κ1) is 24.4. The van der Waals surface area contributed by atoms with E-state index in [0.717, 1.165) is 16.0 Å². The molecule has 0 fully saturated rings. The lowest BCUT2D eigenvalue weighted by Crippen LogP contribution is -2.43. The van der Waals surface area contributed by atoms with Gasteiger partial charge in [0.25, 0.3) is 0 Å². The maximum Gasteiger partial charge on any atom is 0.247 e. The summed E-state index contributed by atoms with van der Waals surface area (Å²) in [4.78, 5) is 30.7. The number of amides is 2. The second-order valence-corrected chi connectivity index (χ2v) is 9.34. The van der Waals surface area contributed by atoms with Gasteiger partial charge in [0.05, 0.1) is 6.54 Å². The molecule has 1 aromatic heterocycles. The van der Waals surface area contributed by atoms with E-state index in [2.05, 4.69) is 0 Å². The highest BCUT2D eigenvalue weighted by molar-refractivity contribution is 7.09. The highest BCUT2D eigenvalue weighted by Gasteiger charge is 2.22. The predicted octanol–water partition coefficient (Wildman–Crippen LogP) is 5.61. The normalized spacial score (nSPS) is 11.2. The zero-order chi connectivity index (χ0) is 23.6. The minimum atomic E-state index is -0.311. The lowest BCUT2D eigenvalue weighted by atomic mass is 10.1. The van der Waals surface area contributed by atoms with Gasteiger partial charge in [0.1, 0.15) is 12.4 Å². The number of hydrogen-bond donors (Lipinski definition) is 0. The molecule has 0 radical (unpaired) electrons. The Balaban J connectivity index is 1.75. The standard InChI is InChI=1S/C27H29FN2O2S/c1-21(2)17-29(26(31)15-12-22-7-4-3-5-8-22)20-27(32)30(19-25-9-6-16-33-25)18-23-10-13-24(28)14-11-23/h3-16,21H,17-20H2,1-2H3. The Morgan fingerprint density at radius 3 is 2.30 bits per heavy atom. The lowest BCUT2D eigenvalue weighted by Gasteiger charge is -2.28. The van der Waals surface area contributed by atoms with E-state index in [4.69, 9.17) is 0 Å². The SMILES string of the molecule is CC(C)CN(CC(=O)N(Cc1ccc(F)cc1)Cc1cccs1)C(=O)C=Cc1ccccc1. The highest BCUT2D eigenvalue weighted by Crippen LogP contribution is 2.16. The van der Waals surface area contributed by atoms with E-state index in [1.165, 1.54) is 18.2 Å². The van der Waals surface area contributed by atoms with Gasteiger partial charge < -0.3 is 9.80 Å². The average molecular weight is 465 g/mol. The van der Waals surface area contributed by atoms with Crippen molar-refractivity contribution in [1.82, 2.24) is 9.80 Å². The molecule has 1 heterocycles. The molecule has 2 aromatic carbocycles. The van der Waals surface area contributed by atoms with E-state index in [1.54, 1.807) is 39.3 Å². The minimum absolute atomic E-state index is 0.0112.